The lowest BCUT2D eigenvalue weighted by atomic mass is 9.89. The van der Waals surface area contributed by atoms with Crippen LogP contribution in [0.1, 0.15) is 70.4 Å². The number of rotatable bonds is 14. The smallest absolute Gasteiger partial charge is 0.408 e. The Morgan fingerprint density at radius 3 is 2.09 bits per heavy atom. The number of ether oxygens (including phenoxy) is 1. The molecule has 11 nitrogen and oxygen atoms in total. The number of carboxylic acid groups (broad SMARTS) is 1. The average Bonchev–Trinajstić information content (AvgIpc) is 3.01. The van der Waals surface area contributed by atoms with Gasteiger partial charge in [0.05, 0.1) is 25.1 Å². The molecule has 3 atom stereocenters. The van der Waals surface area contributed by atoms with Crippen molar-refractivity contribution in [3.8, 4) is 0 Å². The van der Waals surface area contributed by atoms with Gasteiger partial charge in [0.15, 0.2) is 0 Å². The largest absolute Gasteiger partial charge is 0.481 e. The Labute approximate surface area is 265 Å². The molecule has 4 amide bonds. The first kappa shape index (κ1) is 35.4. The number of nitrogens with zero attached hydrogens (tertiary/aromatic N) is 1. The second kappa shape index (κ2) is 17.4. The van der Waals surface area contributed by atoms with E-state index >= 15 is 0 Å². The Morgan fingerprint density at radius 1 is 0.911 bits per heavy atom. The van der Waals surface area contributed by atoms with Crippen molar-refractivity contribution in [1.82, 2.24) is 20.9 Å². The lowest BCUT2D eigenvalue weighted by molar-refractivity contribution is -0.140. The van der Waals surface area contributed by atoms with Crippen molar-refractivity contribution >= 4 is 24.0 Å². The molecule has 0 spiro atoms. The fraction of sp³-hybridized carbons (Fsp3) is 0.529. The van der Waals surface area contributed by atoms with Crippen molar-refractivity contribution in [2.45, 2.75) is 96.1 Å². The Bertz CT molecular complexity index is 1230. The zero-order chi connectivity index (χ0) is 32.8. The Hall–Kier alpha value is -4.12. The minimum absolute atomic E-state index is 0.0606. The predicted molar refractivity (Wildman–Crippen MR) is 170 cm³/mol. The summed E-state index contributed by atoms with van der Waals surface area (Å²) in [6.07, 6.45) is 3.03. The normalized spacial score (nSPS) is 15.6. The third-order valence-electron chi connectivity index (χ3n) is 7.98. The summed E-state index contributed by atoms with van der Waals surface area (Å²) in [4.78, 5) is 52.5. The van der Waals surface area contributed by atoms with Gasteiger partial charge in [-0.2, -0.15) is 0 Å². The second-order valence-electron chi connectivity index (χ2n) is 12.7. The van der Waals surface area contributed by atoms with Crippen LogP contribution in [0, 0.1) is 5.92 Å². The topological polar surface area (TPSA) is 157 Å². The first-order valence-corrected chi connectivity index (χ1v) is 15.7. The van der Waals surface area contributed by atoms with E-state index in [0.29, 0.717) is 12.5 Å². The predicted octanol–water partition coefficient (Wildman–Crippen LogP) is 4.23. The molecule has 2 aromatic rings. The van der Waals surface area contributed by atoms with Crippen molar-refractivity contribution in [3.63, 3.8) is 0 Å². The van der Waals surface area contributed by atoms with E-state index in [4.69, 9.17) is 4.74 Å². The summed E-state index contributed by atoms with van der Waals surface area (Å²) < 4.78 is 5.20. The quantitative estimate of drug-likeness (QED) is 0.210. The maximum absolute atomic E-state index is 13.4. The summed E-state index contributed by atoms with van der Waals surface area (Å²) in [6.45, 7) is 6.03. The molecular weight excluding hydrogens is 576 g/mol. The highest BCUT2D eigenvalue weighted by molar-refractivity contribution is 5.89. The number of aliphatic hydroxyl groups is 1. The van der Waals surface area contributed by atoms with Gasteiger partial charge in [0, 0.05) is 12.1 Å². The number of nitrogens with one attached hydrogen (secondary N) is 3. The zero-order valence-corrected chi connectivity index (χ0v) is 26.5. The third kappa shape index (κ3) is 12.4. The van der Waals surface area contributed by atoms with Crippen LogP contribution in [0.15, 0.2) is 60.7 Å². The standard InChI is InChI=1S/C34H48N4O7/c1-34(2,3)38(32(43)35-21-25-15-9-5-10-16-25)22-29(39)27(19-24-13-7-4-8-14-24)36-31(42)28(20-30(40)41)37-33(44)45-23-26-17-11-6-12-18-26/h4,6-8,11-14,17-18,25,27-29,39H,5,9-10,15-16,19-23H2,1-3H3,(H,35,43)(H,36,42)(H,37,44)(H,40,41)/t27-,28-,29+/m0/s1. The van der Waals surface area contributed by atoms with Gasteiger partial charge in [0.25, 0.3) is 0 Å². The molecule has 0 aliphatic heterocycles. The van der Waals surface area contributed by atoms with Crippen LogP contribution in [0.25, 0.3) is 0 Å². The molecule has 0 radical (unpaired) electrons. The molecule has 45 heavy (non-hydrogen) atoms. The van der Waals surface area contributed by atoms with Gasteiger partial charge in [0.1, 0.15) is 12.6 Å². The molecule has 0 unspecified atom stereocenters. The minimum atomic E-state index is -1.46. The number of hydrogen-bond donors (Lipinski definition) is 5. The van der Waals surface area contributed by atoms with E-state index in [-0.39, 0.29) is 25.6 Å². The van der Waals surface area contributed by atoms with Crippen LogP contribution in [0.4, 0.5) is 9.59 Å². The third-order valence-corrected chi connectivity index (χ3v) is 7.98. The summed E-state index contributed by atoms with van der Waals surface area (Å²) in [6, 6.07) is 15.5. The molecule has 11 heteroatoms. The number of hydrogen-bond acceptors (Lipinski definition) is 6. The molecule has 1 aliphatic carbocycles. The van der Waals surface area contributed by atoms with Gasteiger partial charge < -0.3 is 35.8 Å². The molecular formula is C34H48N4O7. The van der Waals surface area contributed by atoms with Crippen molar-refractivity contribution in [2.24, 2.45) is 5.92 Å². The maximum Gasteiger partial charge on any atom is 0.408 e. The van der Waals surface area contributed by atoms with Crippen LogP contribution < -0.4 is 16.0 Å². The molecule has 1 aliphatic rings. The van der Waals surface area contributed by atoms with Gasteiger partial charge in [-0.15, -0.1) is 0 Å². The summed E-state index contributed by atoms with van der Waals surface area (Å²) in [5.41, 5.74) is 0.898. The fourth-order valence-corrected chi connectivity index (χ4v) is 5.42. The number of aliphatic carboxylic acids is 1. The van der Waals surface area contributed by atoms with Crippen LogP contribution in [0.3, 0.4) is 0 Å². The molecule has 246 valence electrons. The van der Waals surface area contributed by atoms with E-state index in [9.17, 15) is 29.4 Å². The van der Waals surface area contributed by atoms with Gasteiger partial charge in [-0.05, 0) is 57.1 Å². The lowest BCUT2D eigenvalue weighted by Gasteiger charge is -2.39. The first-order chi connectivity index (χ1) is 21.4. The van der Waals surface area contributed by atoms with Crippen molar-refractivity contribution < 1.29 is 34.1 Å². The summed E-state index contributed by atoms with van der Waals surface area (Å²) in [5, 5.41) is 29.1. The highest BCUT2D eigenvalue weighted by Gasteiger charge is 2.34. The van der Waals surface area contributed by atoms with Crippen LogP contribution >= 0.6 is 0 Å². The molecule has 0 saturated heterocycles. The van der Waals surface area contributed by atoms with E-state index in [1.54, 1.807) is 29.2 Å². The molecule has 1 fully saturated rings. The van der Waals surface area contributed by atoms with E-state index in [1.165, 1.54) is 6.42 Å². The molecule has 1 saturated carbocycles. The van der Waals surface area contributed by atoms with E-state index in [0.717, 1.165) is 36.8 Å². The monoisotopic (exact) mass is 624 g/mol. The van der Waals surface area contributed by atoms with E-state index in [2.05, 4.69) is 16.0 Å². The van der Waals surface area contributed by atoms with Gasteiger partial charge in [-0.1, -0.05) is 79.9 Å². The fourth-order valence-electron chi connectivity index (χ4n) is 5.42. The van der Waals surface area contributed by atoms with Crippen LogP contribution in [-0.2, 0) is 27.4 Å². The van der Waals surface area contributed by atoms with E-state index < -0.39 is 48.1 Å². The highest BCUT2D eigenvalue weighted by atomic mass is 16.5. The van der Waals surface area contributed by atoms with Gasteiger partial charge in [-0.25, -0.2) is 9.59 Å². The van der Waals surface area contributed by atoms with Crippen molar-refractivity contribution in [1.29, 1.82) is 0 Å². The Kier molecular flexibility index (Phi) is 13.7. The molecule has 3 rings (SSSR count). The number of β-amino-alcohol motifs (C(OH)–C–C–N with tert-alkyl or cyclic N) is 1. The summed E-state index contributed by atoms with van der Waals surface area (Å²) >= 11 is 0. The molecule has 2 aromatic carbocycles. The maximum atomic E-state index is 13.4. The minimum Gasteiger partial charge on any atom is -0.481 e. The summed E-state index contributed by atoms with van der Waals surface area (Å²) in [7, 11) is 0. The number of benzene rings is 2. The first-order valence-electron chi connectivity index (χ1n) is 15.7. The van der Waals surface area contributed by atoms with E-state index in [1.807, 2.05) is 57.2 Å². The number of amides is 4. The van der Waals surface area contributed by atoms with Crippen LogP contribution in [0.5, 0.6) is 0 Å². The number of alkyl carbamates (subject to hydrolysis) is 1. The van der Waals surface area contributed by atoms with Gasteiger partial charge in [0.2, 0.25) is 5.91 Å². The second-order valence-corrected chi connectivity index (χ2v) is 12.7. The number of carbonyl (C=O) groups is 4. The molecule has 0 bridgehead atoms. The van der Waals surface area contributed by atoms with Crippen LogP contribution in [0.2, 0.25) is 0 Å². The lowest BCUT2D eigenvalue weighted by Crippen LogP contribution is -2.59. The zero-order valence-electron chi connectivity index (χ0n) is 26.5. The Balaban J connectivity index is 1.72. The number of urea groups is 1. The average molecular weight is 625 g/mol. The summed E-state index contributed by atoms with van der Waals surface area (Å²) in [5.74, 6) is -1.66. The van der Waals surface area contributed by atoms with Crippen molar-refractivity contribution in [3.05, 3.63) is 71.8 Å². The molecule has 0 aromatic heterocycles. The number of carboxylic acids is 1. The highest BCUT2D eigenvalue weighted by Crippen LogP contribution is 2.23. The van der Waals surface area contributed by atoms with Crippen molar-refractivity contribution in [2.75, 3.05) is 13.1 Å². The number of aliphatic hydroxyl groups excluding tert-OH is 1. The Morgan fingerprint density at radius 2 is 1.51 bits per heavy atom. The SMILES string of the molecule is CC(C)(C)N(C[C@@H](O)[C@H](Cc1ccccc1)NC(=O)[C@H](CC(=O)O)NC(=O)OCc1ccccc1)C(=O)NCC1CCCCC1. The number of carbonyl (C=O) groups excluding carboxylic acids is 3. The van der Waals surface area contributed by atoms with Gasteiger partial charge >= 0.3 is 18.1 Å². The molecule has 5 N–H and O–H groups in total. The van der Waals surface area contributed by atoms with Crippen LogP contribution in [-0.4, -0.2) is 75.9 Å². The molecule has 0 heterocycles. The van der Waals surface area contributed by atoms with Gasteiger partial charge in [-0.3, -0.25) is 9.59 Å².